The standard InChI is InChI=1S/C19H24N2O3/c1-23-15-11-14(12-16(13-15)24-2)7-8-19(22)21-10-4-6-18(21)17-5-3-9-20-17/h3,5,9,11-13,18,20H,4,6-8,10H2,1-2H3/t18-/m1/s1. The highest BCUT2D eigenvalue weighted by molar-refractivity contribution is 5.77. The number of amides is 1. The van der Waals surface area contributed by atoms with Crippen molar-refractivity contribution in [2.45, 2.75) is 31.7 Å². The van der Waals surface area contributed by atoms with Gasteiger partial charge in [0, 0.05) is 30.9 Å². The predicted octanol–water partition coefficient (Wildman–Crippen LogP) is 3.33. The average molecular weight is 328 g/mol. The molecular weight excluding hydrogens is 304 g/mol. The summed E-state index contributed by atoms with van der Waals surface area (Å²) in [6.07, 6.45) is 5.17. The molecule has 1 aliphatic rings. The molecule has 1 aromatic heterocycles. The van der Waals surface area contributed by atoms with E-state index in [9.17, 15) is 4.79 Å². The van der Waals surface area contributed by atoms with Crippen molar-refractivity contribution in [2.24, 2.45) is 0 Å². The summed E-state index contributed by atoms with van der Waals surface area (Å²) >= 11 is 0. The third kappa shape index (κ3) is 3.55. The zero-order valence-electron chi connectivity index (χ0n) is 14.2. The van der Waals surface area contributed by atoms with E-state index in [0.717, 1.165) is 42.1 Å². The first-order valence-electron chi connectivity index (χ1n) is 8.36. The third-order valence-corrected chi connectivity index (χ3v) is 4.59. The number of methoxy groups -OCH3 is 2. The minimum atomic E-state index is 0.187. The van der Waals surface area contributed by atoms with Gasteiger partial charge >= 0.3 is 0 Å². The Morgan fingerprint density at radius 2 is 2.00 bits per heavy atom. The highest BCUT2D eigenvalue weighted by atomic mass is 16.5. The van der Waals surface area contributed by atoms with Crippen LogP contribution in [0, 0.1) is 0 Å². The molecule has 1 N–H and O–H groups in total. The number of aromatic amines is 1. The predicted molar refractivity (Wildman–Crippen MR) is 92.3 cm³/mol. The van der Waals surface area contributed by atoms with Gasteiger partial charge in [0.15, 0.2) is 0 Å². The maximum atomic E-state index is 12.7. The Labute approximate surface area is 142 Å². The van der Waals surface area contributed by atoms with Gasteiger partial charge in [0.05, 0.1) is 20.3 Å². The van der Waals surface area contributed by atoms with Crippen LogP contribution in [0.25, 0.3) is 0 Å². The van der Waals surface area contributed by atoms with Crippen LogP contribution in [0.2, 0.25) is 0 Å². The molecule has 0 unspecified atom stereocenters. The zero-order chi connectivity index (χ0) is 16.9. The molecular formula is C19H24N2O3. The van der Waals surface area contributed by atoms with E-state index in [0.29, 0.717) is 12.8 Å². The van der Waals surface area contributed by atoms with Crippen molar-refractivity contribution in [3.8, 4) is 11.5 Å². The van der Waals surface area contributed by atoms with E-state index in [2.05, 4.69) is 11.1 Å². The number of rotatable bonds is 6. The number of hydrogen-bond donors (Lipinski definition) is 1. The molecule has 1 aliphatic heterocycles. The van der Waals surface area contributed by atoms with Crippen molar-refractivity contribution in [1.29, 1.82) is 0 Å². The van der Waals surface area contributed by atoms with Gasteiger partial charge in [0.2, 0.25) is 5.91 Å². The number of nitrogens with one attached hydrogen (secondary N) is 1. The first kappa shape index (κ1) is 16.4. The molecule has 0 aliphatic carbocycles. The summed E-state index contributed by atoms with van der Waals surface area (Å²) in [5.41, 5.74) is 2.18. The lowest BCUT2D eigenvalue weighted by molar-refractivity contribution is -0.132. The van der Waals surface area contributed by atoms with Gasteiger partial charge in [-0.25, -0.2) is 0 Å². The molecule has 1 amide bonds. The fraction of sp³-hybridized carbons (Fsp3) is 0.421. The first-order chi connectivity index (χ1) is 11.7. The molecule has 1 saturated heterocycles. The van der Waals surface area contributed by atoms with Crippen LogP contribution >= 0.6 is 0 Å². The molecule has 1 atom stereocenters. The number of likely N-dealkylation sites (tertiary alicyclic amines) is 1. The number of carbonyl (C=O) groups is 1. The van der Waals surface area contributed by atoms with Crippen molar-refractivity contribution < 1.29 is 14.3 Å². The Bertz CT molecular complexity index is 660. The number of aromatic nitrogens is 1. The van der Waals surface area contributed by atoms with Crippen LogP contribution in [0.15, 0.2) is 36.5 Å². The van der Waals surface area contributed by atoms with Crippen LogP contribution < -0.4 is 9.47 Å². The van der Waals surface area contributed by atoms with Gasteiger partial charge in [-0.3, -0.25) is 4.79 Å². The molecule has 24 heavy (non-hydrogen) atoms. The van der Waals surface area contributed by atoms with Crippen LogP contribution in [-0.4, -0.2) is 36.6 Å². The van der Waals surface area contributed by atoms with Crippen molar-refractivity contribution in [2.75, 3.05) is 20.8 Å². The fourth-order valence-electron chi connectivity index (χ4n) is 3.35. The third-order valence-electron chi connectivity index (χ3n) is 4.59. The lowest BCUT2D eigenvalue weighted by atomic mass is 10.1. The van der Waals surface area contributed by atoms with Crippen LogP contribution in [-0.2, 0) is 11.2 Å². The van der Waals surface area contributed by atoms with Crippen LogP contribution in [0.5, 0.6) is 11.5 Å². The molecule has 2 aromatic rings. The molecule has 5 nitrogen and oxygen atoms in total. The number of aryl methyl sites for hydroxylation is 1. The van der Waals surface area contributed by atoms with E-state index >= 15 is 0 Å². The number of carbonyl (C=O) groups excluding carboxylic acids is 1. The number of nitrogens with zero attached hydrogens (tertiary/aromatic N) is 1. The maximum Gasteiger partial charge on any atom is 0.223 e. The Morgan fingerprint density at radius 3 is 2.62 bits per heavy atom. The van der Waals surface area contributed by atoms with Gasteiger partial charge in [0.25, 0.3) is 0 Å². The van der Waals surface area contributed by atoms with Gasteiger partial charge in [-0.1, -0.05) is 0 Å². The van der Waals surface area contributed by atoms with Crippen molar-refractivity contribution >= 4 is 5.91 Å². The van der Waals surface area contributed by atoms with E-state index in [1.165, 1.54) is 0 Å². The molecule has 0 radical (unpaired) electrons. The maximum absolute atomic E-state index is 12.7. The molecule has 3 rings (SSSR count). The summed E-state index contributed by atoms with van der Waals surface area (Å²) in [4.78, 5) is 17.9. The monoisotopic (exact) mass is 328 g/mol. The highest BCUT2D eigenvalue weighted by Crippen LogP contribution is 2.31. The lowest BCUT2D eigenvalue weighted by Gasteiger charge is -2.24. The summed E-state index contributed by atoms with van der Waals surface area (Å²) in [6, 6.07) is 9.99. The van der Waals surface area contributed by atoms with E-state index in [-0.39, 0.29) is 11.9 Å². The molecule has 0 bridgehead atoms. The van der Waals surface area contributed by atoms with Crippen molar-refractivity contribution in [3.05, 3.63) is 47.8 Å². The Kier molecular flexibility index (Phi) is 5.08. The van der Waals surface area contributed by atoms with Crippen molar-refractivity contribution in [3.63, 3.8) is 0 Å². The van der Waals surface area contributed by atoms with Gasteiger partial charge < -0.3 is 19.4 Å². The molecule has 0 spiro atoms. The van der Waals surface area contributed by atoms with Crippen molar-refractivity contribution in [1.82, 2.24) is 9.88 Å². The zero-order valence-corrected chi connectivity index (χ0v) is 14.2. The second-order valence-electron chi connectivity index (χ2n) is 6.09. The largest absolute Gasteiger partial charge is 0.497 e. The van der Waals surface area contributed by atoms with Gasteiger partial charge in [-0.2, -0.15) is 0 Å². The van der Waals surface area contributed by atoms with Gasteiger partial charge in [0.1, 0.15) is 11.5 Å². The number of benzene rings is 1. The fourth-order valence-corrected chi connectivity index (χ4v) is 3.35. The Hall–Kier alpha value is -2.43. The lowest BCUT2D eigenvalue weighted by Crippen LogP contribution is -2.30. The average Bonchev–Trinajstić information content (AvgIpc) is 3.29. The Balaban J connectivity index is 1.65. The molecule has 5 heteroatoms. The van der Waals surface area contributed by atoms with Gasteiger partial charge in [-0.05, 0) is 49.1 Å². The van der Waals surface area contributed by atoms with E-state index < -0.39 is 0 Å². The minimum absolute atomic E-state index is 0.187. The molecule has 2 heterocycles. The second kappa shape index (κ2) is 7.43. The summed E-state index contributed by atoms with van der Waals surface area (Å²) in [6.45, 7) is 0.837. The van der Waals surface area contributed by atoms with Crippen LogP contribution in [0.1, 0.15) is 36.6 Å². The summed E-state index contributed by atoms with van der Waals surface area (Å²) in [5.74, 6) is 1.71. The normalized spacial score (nSPS) is 17.1. The molecule has 128 valence electrons. The molecule has 1 fully saturated rings. The summed E-state index contributed by atoms with van der Waals surface area (Å²) < 4.78 is 10.6. The topological polar surface area (TPSA) is 54.6 Å². The summed E-state index contributed by atoms with van der Waals surface area (Å²) in [7, 11) is 3.27. The number of H-pyrrole nitrogens is 1. The molecule has 0 saturated carbocycles. The smallest absolute Gasteiger partial charge is 0.223 e. The van der Waals surface area contributed by atoms with Crippen LogP contribution in [0.3, 0.4) is 0 Å². The quantitative estimate of drug-likeness (QED) is 0.885. The second-order valence-corrected chi connectivity index (χ2v) is 6.09. The van der Waals surface area contributed by atoms with E-state index in [1.807, 2.05) is 35.4 Å². The van der Waals surface area contributed by atoms with Crippen LogP contribution in [0.4, 0.5) is 0 Å². The minimum Gasteiger partial charge on any atom is -0.497 e. The molecule has 1 aromatic carbocycles. The number of ether oxygens (including phenoxy) is 2. The first-order valence-corrected chi connectivity index (χ1v) is 8.36. The van der Waals surface area contributed by atoms with E-state index in [4.69, 9.17) is 9.47 Å². The number of hydrogen-bond acceptors (Lipinski definition) is 3. The highest BCUT2D eigenvalue weighted by Gasteiger charge is 2.30. The van der Waals surface area contributed by atoms with Gasteiger partial charge in [-0.15, -0.1) is 0 Å². The SMILES string of the molecule is COc1cc(CCC(=O)N2CCC[C@@H]2c2ccc[nH]2)cc(OC)c1. The summed E-state index contributed by atoms with van der Waals surface area (Å²) in [5, 5.41) is 0. The Morgan fingerprint density at radius 1 is 1.25 bits per heavy atom. The van der Waals surface area contributed by atoms with E-state index in [1.54, 1.807) is 14.2 Å².